The van der Waals surface area contributed by atoms with Crippen LogP contribution in [-0.2, 0) is 40.2 Å². The second-order valence-corrected chi connectivity index (χ2v) is 7.96. The summed E-state index contributed by atoms with van der Waals surface area (Å²) in [6.45, 7) is 11.1. The minimum atomic E-state index is 0. The van der Waals surface area contributed by atoms with Gasteiger partial charge in [0.25, 0.3) is 0 Å². The maximum Gasteiger partial charge on any atom is 0.189 e. The zero-order valence-electron chi connectivity index (χ0n) is 19.7. The summed E-state index contributed by atoms with van der Waals surface area (Å²) in [7, 11) is 4.04. The molecule has 6 rings (SSSR count). The van der Waals surface area contributed by atoms with Crippen LogP contribution >= 0.6 is 0 Å². The summed E-state index contributed by atoms with van der Waals surface area (Å²) in [5.74, 6) is 0. The fourth-order valence-electron chi connectivity index (χ4n) is 4.08. The Morgan fingerprint density at radius 2 is 1.14 bits per heavy atom. The van der Waals surface area contributed by atoms with Gasteiger partial charge in [-0.3, -0.25) is 0 Å². The van der Waals surface area contributed by atoms with E-state index in [0.29, 0.717) is 5.69 Å². The molecule has 2 aliphatic heterocycles. The van der Waals surface area contributed by atoms with Crippen molar-refractivity contribution in [1.29, 1.82) is 0 Å². The minimum Gasteiger partial charge on any atom is -0.505 e. The van der Waals surface area contributed by atoms with Gasteiger partial charge in [-0.25, -0.2) is 4.85 Å². The third-order valence-electron chi connectivity index (χ3n) is 5.73. The summed E-state index contributed by atoms with van der Waals surface area (Å²) >= 11 is 0. The summed E-state index contributed by atoms with van der Waals surface area (Å²) in [5, 5.41) is 0. The minimum absolute atomic E-state index is 0. The fourth-order valence-corrected chi connectivity index (χ4v) is 4.08. The molecule has 2 heterocycles. The molecule has 7 heteroatoms. The second kappa shape index (κ2) is 12.2. The molecular weight excluding hydrogens is 803 g/mol. The average Bonchev–Trinajstić information content (AvgIpc) is 3.42. The molecule has 186 valence electrons. The van der Waals surface area contributed by atoms with E-state index in [0.717, 1.165) is 22.7 Å². The van der Waals surface area contributed by atoms with Crippen LogP contribution in [0.15, 0.2) is 91.0 Å². The number of rotatable bonds is 2. The molecule has 0 aromatic heterocycles. The van der Waals surface area contributed by atoms with Crippen LogP contribution in [0.1, 0.15) is 0 Å². The van der Waals surface area contributed by atoms with Gasteiger partial charge in [0.1, 0.15) is 0 Å². The molecule has 0 atom stereocenters. The summed E-state index contributed by atoms with van der Waals surface area (Å²) in [4.78, 5) is 11.8. The van der Waals surface area contributed by atoms with Gasteiger partial charge >= 0.3 is 0 Å². The Balaban J connectivity index is 0.000000191. The van der Waals surface area contributed by atoms with Crippen molar-refractivity contribution in [3.8, 4) is 0 Å². The van der Waals surface area contributed by atoms with Crippen molar-refractivity contribution in [3.63, 3.8) is 0 Å². The number of fused-ring (bicyclic) bond motifs is 2. The fraction of sp³-hybridized carbons (Fsp3) is 0.0690. The van der Waals surface area contributed by atoms with Crippen LogP contribution in [-0.4, -0.2) is 14.1 Å². The van der Waals surface area contributed by atoms with Gasteiger partial charge in [0.15, 0.2) is 5.69 Å². The van der Waals surface area contributed by atoms with E-state index in [1.165, 1.54) is 11.4 Å². The van der Waals surface area contributed by atoms with Crippen molar-refractivity contribution in [2.24, 2.45) is 0 Å². The molecule has 4 aromatic carbocycles. The zero-order chi connectivity index (χ0) is 23.5. The monoisotopic (exact) mass is 827 g/mol. The molecule has 5 nitrogen and oxygen atoms in total. The van der Waals surface area contributed by atoms with Gasteiger partial charge in [-0.15, -0.1) is 11.4 Å². The first-order chi connectivity index (χ1) is 16.7. The molecule has 36 heavy (non-hydrogen) atoms. The number of nitrogens with zero attached hydrogens (tertiary/aromatic N) is 5. The van der Waals surface area contributed by atoms with Gasteiger partial charge in [0.2, 0.25) is 0 Å². The molecular formula is C29H23Ir2N5-4. The third-order valence-corrected chi connectivity index (χ3v) is 5.73. The number of hydrogen-bond donors (Lipinski definition) is 0. The van der Waals surface area contributed by atoms with Gasteiger partial charge in [-0.2, -0.15) is 74.0 Å². The standard InChI is InChI=1S/C15H11N3.C14H12N2.2Ir/c1-16-12-8-9-14-15(10-12)17(2)11-18(14)13-6-4-3-5-7-13;1-15-11-16(12-7-3-2-4-8-12)14-10-6-5-9-13(14)15;;/h3-6,8-11H,2H3;2-7,9-11H,1H3;;/q2*-2;;. The van der Waals surface area contributed by atoms with Crippen LogP contribution in [0.25, 0.3) is 4.85 Å². The van der Waals surface area contributed by atoms with E-state index < -0.39 is 0 Å². The van der Waals surface area contributed by atoms with E-state index in [1.807, 2.05) is 79.3 Å². The van der Waals surface area contributed by atoms with E-state index in [9.17, 15) is 0 Å². The topological polar surface area (TPSA) is 17.3 Å². The van der Waals surface area contributed by atoms with E-state index in [4.69, 9.17) is 6.57 Å². The normalized spacial score (nSPS) is 12.9. The van der Waals surface area contributed by atoms with Gasteiger partial charge < -0.3 is 19.6 Å². The van der Waals surface area contributed by atoms with Crippen molar-refractivity contribution in [3.05, 3.63) is 128 Å². The van der Waals surface area contributed by atoms with E-state index >= 15 is 0 Å². The first-order valence-corrected chi connectivity index (χ1v) is 10.9. The molecule has 0 fully saturated rings. The van der Waals surface area contributed by atoms with Crippen LogP contribution < -0.4 is 19.6 Å². The van der Waals surface area contributed by atoms with Crippen molar-refractivity contribution in [2.45, 2.75) is 0 Å². The SMILES string of the molecule is CN1[CH-]N(c2[c-]cccc2)c2ccccc21.[C-]#[N+]c1ccc2c(c1)N(C)[CH-]N2c1[c-]cccc1.[Ir].[Ir]. The third kappa shape index (κ3) is 5.48. The Bertz CT molecular complexity index is 1320. The Kier molecular flexibility index (Phi) is 9.31. The number of benzene rings is 4. The second-order valence-electron chi connectivity index (χ2n) is 7.96. The maximum atomic E-state index is 7.06. The van der Waals surface area contributed by atoms with Crippen molar-refractivity contribution < 1.29 is 40.2 Å². The summed E-state index contributed by atoms with van der Waals surface area (Å²) in [5.41, 5.74) is 7.27. The van der Waals surface area contributed by atoms with E-state index in [1.54, 1.807) is 0 Å². The predicted octanol–water partition coefficient (Wildman–Crippen LogP) is 6.93. The van der Waals surface area contributed by atoms with Crippen molar-refractivity contribution in [1.82, 2.24) is 0 Å². The molecule has 0 aliphatic carbocycles. The van der Waals surface area contributed by atoms with Crippen LogP contribution in [0.3, 0.4) is 0 Å². The summed E-state index contributed by atoms with van der Waals surface area (Å²) < 4.78 is 0. The summed E-state index contributed by atoms with van der Waals surface area (Å²) in [6, 6.07) is 36.4. The molecule has 4 aromatic rings. The molecule has 0 N–H and O–H groups in total. The maximum absolute atomic E-state index is 7.06. The van der Waals surface area contributed by atoms with Gasteiger partial charge in [-0.1, -0.05) is 18.2 Å². The Hall–Kier alpha value is -3.13. The first kappa shape index (κ1) is 27.5. The Morgan fingerprint density at radius 1 is 0.639 bits per heavy atom. The molecule has 2 aliphatic rings. The van der Waals surface area contributed by atoms with Crippen molar-refractivity contribution in [2.75, 3.05) is 33.7 Å². The van der Waals surface area contributed by atoms with Gasteiger partial charge in [-0.05, 0) is 38.4 Å². The molecule has 0 spiro atoms. The van der Waals surface area contributed by atoms with Gasteiger partial charge in [0, 0.05) is 63.0 Å². The first-order valence-electron chi connectivity index (χ1n) is 10.9. The van der Waals surface area contributed by atoms with Gasteiger partial charge in [0.05, 0.1) is 6.57 Å². The molecule has 0 amide bonds. The Morgan fingerprint density at radius 3 is 1.67 bits per heavy atom. The smallest absolute Gasteiger partial charge is 0.189 e. The van der Waals surface area contributed by atoms with Crippen LogP contribution in [0.5, 0.6) is 0 Å². The zero-order valence-corrected chi connectivity index (χ0v) is 24.5. The van der Waals surface area contributed by atoms with E-state index in [-0.39, 0.29) is 40.2 Å². The van der Waals surface area contributed by atoms with Crippen LogP contribution in [0.2, 0.25) is 0 Å². The van der Waals surface area contributed by atoms with Crippen LogP contribution in [0.4, 0.5) is 39.8 Å². The van der Waals surface area contributed by atoms with E-state index in [2.05, 4.69) is 75.7 Å². The molecule has 2 radical (unpaired) electrons. The number of para-hydroxylation sites is 4. The quantitative estimate of drug-likeness (QED) is 0.204. The summed E-state index contributed by atoms with van der Waals surface area (Å²) in [6.07, 6.45) is 0. The number of anilines is 6. The molecule has 0 bridgehead atoms. The Labute approximate surface area is 240 Å². The molecule has 0 saturated heterocycles. The van der Waals surface area contributed by atoms with Crippen molar-refractivity contribution >= 4 is 39.8 Å². The largest absolute Gasteiger partial charge is 0.505 e. The van der Waals surface area contributed by atoms with Crippen LogP contribution in [0, 0.1) is 32.0 Å². The molecule has 0 saturated carbocycles. The average molecular weight is 826 g/mol. The predicted molar refractivity (Wildman–Crippen MR) is 139 cm³/mol. The number of hydrogen-bond acceptors (Lipinski definition) is 4. The molecule has 0 unspecified atom stereocenters.